The third-order valence-corrected chi connectivity index (χ3v) is 5.20. The highest BCUT2D eigenvalue weighted by atomic mass is 32.2. The highest BCUT2D eigenvalue weighted by Crippen LogP contribution is 2.38. The number of hydrogen-bond donors (Lipinski definition) is 2. The predicted molar refractivity (Wildman–Crippen MR) is 111 cm³/mol. The summed E-state index contributed by atoms with van der Waals surface area (Å²) < 4.78 is 75.7. The molecule has 0 saturated carbocycles. The zero-order valence-electron chi connectivity index (χ0n) is 16.7. The molecule has 8 nitrogen and oxygen atoms in total. The Bertz CT molecular complexity index is 1260. The van der Waals surface area contributed by atoms with Crippen molar-refractivity contribution >= 4 is 27.1 Å². The first kappa shape index (κ1) is 23.2. The summed E-state index contributed by atoms with van der Waals surface area (Å²) in [6.45, 7) is 1.86. The normalized spacial score (nSPS) is 12.8. The summed E-state index contributed by atoms with van der Waals surface area (Å²) in [6, 6.07) is 12.9. The third-order valence-electron chi connectivity index (χ3n) is 4.16. The lowest BCUT2D eigenvalue weighted by Crippen LogP contribution is -2.32. The Balaban J connectivity index is 2.09. The smallest absolute Gasteiger partial charge is 0.429 e. The number of nitrogens with zero attached hydrogens (tertiary/aromatic N) is 3. The maximum absolute atomic E-state index is 13.9. The number of ether oxygens (including phenoxy) is 1. The maximum atomic E-state index is 13.9. The fraction of sp³-hybridized carbons (Fsp3) is 0.250. The number of nitrogens with one attached hydrogen (secondary N) is 2. The average molecular weight is 465 g/mol. The van der Waals surface area contributed by atoms with E-state index in [9.17, 15) is 21.6 Å². The van der Waals surface area contributed by atoms with Gasteiger partial charge in [-0.15, -0.1) is 0 Å². The summed E-state index contributed by atoms with van der Waals surface area (Å²) in [7, 11) is -4.14. The molecule has 0 aliphatic rings. The second kappa shape index (κ2) is 9.37. The van der Waals surface area contributed by atoms with E-state index in [-0.39, 0.29) is 28.7 Å². The van der Waals surface area contributed by atoms with Gasteiger partial charge in [-0.1, -0.05) is 31.2 Å². The Morgan fingerprint density at radius 3 is 2.44 bits per heavy atom. The van der Waals surface area contributed by atoms with Crippen LogP contribution < -0.4 is 14.2 Å². The molecule has 2 N–H and O–H groups in total. The number of halogens is 3. The van der Waals surface area contributed by atoms with Crippen LogP contribution in [0.25, 0.3) is 11.0 Å². The van der Waals surface area contributed by atoms with E-state index in [4.69, 9.17) is 10.00 Å². The van der Waals surface area contributed by atoms with Gasteiger partial charge in [0.05, 0.1) is 22.7 Å². The largest absolute Gasteiger partial charge is 0.457 e. The van der Waals surface area contributed by atoms with E-state index in [0.29, 0.717) is 6.42 Å². The molecule has 2 aromatic carbocycles. The molecule has 0 fully saturated rings. The van der Waals surface area contributed by atoms with Crippen LogP contribution in [-0.2, 0) is 10.2 Å². The monoisotopic (exact) mass is 465 g/mol. The molecular weight excluding hydrogens is 447 g/mol. The molecule has 168 valence electrons. The molecule has 32 heavy (non-hydrogen) atoms. The van der Waals surface area contributed by atoms with E-state index in [0.717, 1.165) is 12.1 Å². The van der Waals surface area contributed by atoms with Crippen LogP contribution >= 0.6 is 0 Å². The van der Waals surface area contributed by atoms with Gasteiger partial charge in [0.25, 0.3) is 16.1 Å². The fourth-order valence-electron chi connectivity index (χ4n) is 2.74. The molecule has 0 bridgehead atoms. The van der Waals surface area contributed by atoms with Crippen LogP contribution in [0.1, 0.15) is 30.6 Å². The first-order valence-corrected chi connectivity index (χ1v) is 10.9. The maximum Gasteiger partial charge on any atom is 0.429 e. The van der Waals surface area contributed by atoms with Crippen LogP contribution in [0.3, 0.4) is 0 Å². The molecule has 0 amide bonds. The number of aromatic nitrogens is 2. The van der Waals surface area contributed by atoms with Crippen LogP contribution in [0.15, 0.2) is 48.5 Å². The predicted octanol–water partition coefficient (Wildman–Crippen LogP) is 3.84. The second-order valence-corrected chi connectivity index (χ2v) is 8.14. The van der Waals surface area contributed by atoms with Crippen molar-refractivity contribution in [2.24, 2.45) is 0 Å². The van der Waals surface area contributed by atoms with Gasteiger partial charge in [0.15, 0.2) is 0 Å². The molecule has 12 heteroatoms. The molecule has 1 heterocycles. The van der Waals surface area contributed by atoms with Gasteiger partial charge in [0, 0.05) is 12.1 Å². The highest BCUT2D eigenvalue weighted by Gasteiger charge is 2.44. The van der Waals surface area contributed by atoms with Crippen LogP contribution in [0.2, 0.25) is 0 Å². The van der Waals surface area contributed by atoms with Gasteiger partial charge >= 0.3 is 6.18 Å². The van der Waals surface area contributed by atoms with E-state index in [1.165, 1.54) is 24.3 Å². The van der Waals surface area contributed by atoms with Crippen LogP contribution in [-0.4, -0.2) is 31.1 Å². The third kappa shape index (κ3) is 5.63. The first-order chi connectivity index (χ1) is 15.1. The first-order valence-electron chi connectivity index (χ1n) is 9.40. The molecule has 1 atom stereocenters. The Labute approximate surface area is 182 Å². The lowest BCUT2D eigenvalue weighted by atomic mass is 10.1. The summed E-state index contributed by atoms with van der Waals surface area (Å²) in [5.41, 5.74) is 0.126. The zero-order valence-corrected chi connectivity index (χ0v) is 17.5. The van der Waals surface area contributed by atoms with E-state index in [2.05, 4.69) is 19.4 Å². The van der Waals surface area contributed by atoms with Crippen molar-refractivity contribution in [2.45, 2.75) is 25.6 Å². The fourth-order valence-corrected chi connectivity index (χ4v) is 3.67. The van der Waals surface area contributed by atoms with Crippen molar-refractivity contribution < 1.29 is 26.3 Å². The number of benzene rings is 2. The summed E-state index contributed by atoms with van der Waals surface area (Å²) >= 11 is 0. The number of anilines is 1. The lowest BCUT2D eigenvalue weighted by Gasteiger charge is -2.23. The van der Waals surface area contributed by atoms with E-state index in [1.807, 2.05) is 0 Å². The van der Waals surface area contributed by atoms with Crippen molar-refractivity contribution in [1.82, 2.24) is 14.7 Å². The minimum Gasteiger partial charge on any atom is -0.457 e. The number of alkyl halides is 3. The van der Waals surface area contributed by atoms with Gasteiger partial charge in [-0.05, 0) is 30.7 Å². The van der Waals surface area contributed by atoms with Gasteiger partial charge in [-0.25, -0.2) is 9.97 Å². The standard InChI is InChI=1S/C20H18F3N5O3S/c1-2-10-25-32(29,30)28-18-19(27-16-9-4-3-8-15(16)26-18)31-17(20(21,22)23)14-7-5-6-13(11-14)12-24/h3-9,11,17,25H,2,10H2,1H3,(H,26,28). The van der Waals surface area contributed by atoms with Crippen molar-refractivity contribution in [3.8, 4) is 11.9 Å². The topological polar surface area (TPSA) is 117 Å². The van der Waals surface area contributed by atoms with E-state index < -0.39 is 34.2 Å². The Morgan fingerprint density at radius 1 is 1.12 bits per heavy atom. The van der Waals surface area contributed by atoms with Gasteiger partial charge in [0.2, 0.25) is 11.9 Å². The Hall–Kier alpha value is -3.43. The Kier molecular flexibility index (Phi) is 6.81. The van der Waals surface area contributed by atoms with Gasteiger partial charge in [-0.2, -0.15) is 31.6 Å². The van der Waals surface area contributed by atoms with Crippen molar-refractivity contribution in [1.29, 1.82) is 5.26 Å². The molecule has 1 unspecified atom stereocenters. The zero-order chi connectivity index (χ0) is 23.4. The lowest BCUT2D eigenvalue weighted by molar-refractivity contribution is -0.198. The molecule has 0 spiro atoms. The molecule has 1 aromatic heterocycles. The molecule has 0 radical (unpaired) electrons. The van der Waals surface area contributed by atoms with Crippen LogP contribution in [0.5, 0.6) is 5.88 Å². The number of para-hydroxylation sites is 2. The molecule has 3 rings (SSSR count). The highest BCUT2D eigenvalue weighted by molar-refractivity contribution is 7.90. The summed E-state index contributed by atoms with van der Waals surface area (Å²) in [4.78, 5) is 8.15. The van der Waals surface area contributed by atoms with Crippen molar-refractivity contribution in [3.63, 3.8) is 0 Å². The van der Waals surface area contributed by atoms with Gasteiger partial charge < -0.3 is 4.74 Å². The number of fused-ring (bicyclic) bond motifs is 1. The van der Waals surface area contributed by atoms with Crippen molar-refractivity contribution in [2.75, 3.05) is 11.3 Å². The Morgan fingerprint density at radius 2 is 1.81 bits per heavy atom. The second-order valence-electron chi connectivity index (χ2n) is 6.64. The number of nitriles is 1. The van der Waals surface area contributed by atoms with E-state index in [1.54, 1.807) is 25.1 Å². The van der Waals surface area contributed by atoms with Gasteiger partial charge in [0.1, 0.15) is 0 Å². The SMILES string of the molecule is CCCNS(=O)(=O)Nc1nc2ccccc2nc1OC(c1cccc(C#N)c1)C(F)(F)F. The van der Waals surface area contributed by atoms with Crippen LogP contribution in [0.4, 0.5) is 19.0 Å². The molecule has 0 aliphatic heterocycles. The number of hydrogen-bond acceptors (Lipinski definition) is 6. The summed E-state index contributed by atoms with van der Waals surface area (Å²) in [5.74, 6) is -1.16. The molecule has 0 saturated heterocycles. The average Bonchev–Trinajstić information content (AvgIpc) is 2.75. The summed E-state index contributed by atoms with van der Waals surface area (Å²) in [6.07, 6.45) is -6.91. The minimum absolute atomic E-state index is 0.00892. The number of rotatable bonds is 8. The molecule has 3 aromatic rings. The molecular formula is C20H18F3N5O3S. The summed E-state index contributed by atoms with van der Waals surface area (Å²) in [5, 5.41) is 9.02. The van der Waals surface area contributed by atoms with Crippen LogP contribution in [0, 0.1) is 11.3 Å². The quantitative estimate of drug-likeness (QED) is 0.522. The van der Waals surface area contributed by atoms with Gasteiger partial charge in [-0.3, -0.25) is 4.72 Å². The minimum atomic E-state index is -4.89. The molecule has 0 aliphatic carbocycles. The van der Waals surface area contributed by atoms with Crippen molar-refractivity contribution in [3.05, 3.63) is 59.7 Å². The van der Waals surface area contributed by atoms with E-state index >= 15 is 0 Å².